The number of carbonyl (C=O) groups excluding carboxylic acids is 1. The average molecular weight is 261 g/mol. The Bertz CT molecular complexity index is 396. The molecule has 1 fully saturated rings. The van der Waals surface area contributed by atoms with Crippen molar-refractivity contribution < 1.29 is 9.69 Å². The molecule has 1 saturated heterocycles. The molecule has 0 bridgehead atoms. The van der Waals surface area contributed by atoms with Crippen LogP contribution in [0.2, 0.25) is 0 Å². The Balaban J connectivity index is 1.83. The molecule has 1 N–H and O–H groups in total. The van der Waals surface area contributed by atoms with Gasteiger partial charge in [-0.1, -0.05) is 37.3 Å². The first-order chi connectivity index (χ1) is 9.20. The van der Waals surface area contributed by atoms with Crippen molar-refractivity contribution in [1.82, 2.24) is 4.90 Å². The first-order valence-corrected chi connectivity index (χ1v) is 7.37. The summed E-state index contributed by atoms with van der Waals surface area (Å²) < 4.78 is 0. The Morgan fingerprint density at radius 3 is 2.47 bits per heavy atom. The lowest BCUT2D eigenvalue weighted by molar-refractivity contribution is -0.927. The summed E-state index contributed by atoms with van der Waals surface area (Å²) in [6.45, 7) is 8.54. The molecule has 1 aliphatic heterocycles. The van der Waals surface area contributed by atoms with Gasteiger partial charge in [-0.2, -0.15) is 0 Å². The van der Waals surface area contributed by atoms with Gasteiger partial charge in [-0.3, -0.25) is 4.79 Å². The van der Waals surface area contributed by atoms with E-state index in [1.54, 1.807) is 4.90 Å². The molecule has 1 aromatic carbocycles. The molecule has 0 aliphatic carbocycles. The fourth-order valence-corrected chi connectivity index (χ4v) is 2.71. The molecular weight excluding hydrogens is 236 g/mol. The Kier molecular flexibility index (Phi) is 4.97. The predicted molar refractivity (Wildman–Crippen MR) is 77.2 cm³/mol. The van der Waals surface area contributed by atoms with Crippen molar-refractivity contribution in [2.45, 2.75) is 32.7 Å². The number of benzene rings is 1. The van der Waals surface area contributed by atoms with E-state index in [0.29, 0.717) is 12.5 Å². The highest BCUT2D eigenvalue weighted by Crippen LogP contribution is 2.03. The minimum absolute atomic E-state index is 0.273. The van der Waals surface area contributed by atoms with Crippen LogP contribution < -0.4 is 4.90 Å². The molecule has 1 amide bonds. The maximum absolute atomic E-state index is 12.2. The van der Waals surface area contributed by atoms with Crippen LogP contribution in [0.1, 0.15) is 25.8 Å². The topological polar surface area (TPSA) is 24.8 Å². The third-order valence-corrected chi connectivity index (χ3v) is 4.27. The van der Waals surface area contributed by atoms with Gasteiger partial charge in [0.2, 0.25) is 5.91 Å². The second-order valence-electron chi connectivity index (χ2n) is 5.51. The summed E-state index contributed by atoms with van der Waals surface area (Å²) in [5, 5.41) is 0. The fraction of sp³-hybridized carbons (Fsp3) is 0.562. The third-order valence-electron chi connectivity index (χ3n) is 4.27. The lowest BCUT2D eigenvalue weighted by Crippen LogP contribution is -3.17. The molecule has 2 rings (SSSR count). The van der Waals surface area contributed by atoms with Crippen molar-refractivity contribution in [3.8, 4) is 0 Å². The number of quaternary nitrogens is 1. The van der Waals surface area contributed by atoms with Crippen molar-refractivity contribution in [3.63, 3.8) is 0 Å². The minimum Gasteiger partial charge on any atom is -0.331 e. The van der Waals surface area contributed by atoms with Crippen LogP contribution in [-0.2, 0) is 11.2 Å². The molecule has 104 valence electrons. The molecule has 3 nitrogen and oxygen atoms in total. The molecular formula is C16H25N2O+. The lowest BCUT2D eigenvalue weighted by atomic mass is 10.1. The minimum atomic E-state index is 0.273. The predicted octanol–water partition coefficient (Wildman–Crippen LogP) is 0.755. The number of nitrogens with zero attached hydrogens (tertiary/aromatic N) is 1. The van der Waals surface area contributed by atoms with Gasteiger partial charge in [-0.05, 0) is 18.9 Å². The van der Waals surface area contributed by atoms with E-state index in [4.69, 9.17) is 0 Å². The average Bonchev–Trinajstić information content (AvgIpc) is 2.47. The monoisotopic (exact) mass is 261 g/mol. The normalized spacial score (nSPS) is 18.3. The summed E-state index contributed by atoms with van der Waals surface area (Å²) in [6.07, 6.45) is 1.76. The summed E-state index contributed by atoms with van der Waals surface area (Å²) in [5.74, 6) is 0.273. The van der Waals surface area contributed by atoms with Gasteiger partial charge in [-0.25, -0.2) is 0 Å². The molecule has 1 aliphatic rings. The molecule has 1 atom stereocenters. The molecule has 3 heteroatoms. The second-order valence-corrected chi connectivity index (χ2v) is 5.51. The number of amides is 1. The maximum atomic E-state index is 12.2. The lowest BCUT2D eigenvalue weighted by Gasteiger charge is -2.35. The van der Waals surface area contributed by atoms with Crippen LogP contribution in [0.25, 0.3) is 0 Å². The van der Waals surface area contributed by atoms with Gasteiger partial charge in [0.15, 0.2) is 0 Å². The standard InChI is InChI=1S/C16H24N2O/c1-3-14(2)17-9-11-18(12-10-17)16(19)13-15-7-5-4-6-8-15/h4-8,14H,3,9-13H2,1-2H3/p+1/t14-/m1/s1. The fourth-order valence-electron chi connectivity index (χ4n) is 2.71. The maximum Gasteiger partial charge on any atom is 0.227 e. The van der Waals surface area contributed by atoms with E-state index >= 15 is 0 Å². The molecule has 0 aromatic heterocycles. The van der Waals surface area contributed by atoms with Crippen LogP contribution in [0.3, 0.4) is 0 Å². The third kappa shape index (κ3) is 3.80. The smallest absolute Gasteiger partial charge is 0.227 e. The van der Waals surface area contributed by atoms with Gasteiger partial charge < -0.3 is 9.80 Å². The van der Waals surface area contributed by atoms with Crippen LogP contribution in [0.5, 0.6) is 0 Å². The van der Waals surface area contributed by atoms with Gasteiger partial charge >= 0.3 is 0 Å². The van der Waals surface area contributed by atoms with E-state index in [2.05, 4.69) is 13.8 Å². The van der Waals surface area contributed by atoms with Gasteiger partial charge in [-0.15, -0.1) is 0 Å². The van der Waals surface area contributed by atoms with Gasteiger partial charge in [0.25, 0.3) is 0 Å². The number of nitrogens with one attached hydrogen (secondary N) is 1. The first kappa shape index (κ1) is 14.1. The molecule has 1 aromatic rings. The van der Waals surface area contributed by atoms with E-state index in [1.807, 2.05) is 35.2 Å². The highest BCUT2D eigenvalue weighted by atomic mass is 16.2. The van der Waals surface area contributed by atoms with E-state index in [9.17, 15) is 4.79 Å². The number of rotatable bonds is 4. The Hall–Kier alpha value is -1.35. The van der Waals surface area contributed by atoms with Crippen molar-refractivity contribution in [3.05, 3.63) is 35.9 Å². The zero-order chi connectivity index (χ0) is 13.7. The van der Waals surface area contributed by atoms with Crippen molar-refractivity contribution in [1.29, 1.82) is 0 Å². The Morgan fingerprint density at radius 1 is 1.26 bits per heavy atom. The van der Waals surface area contributed by atoms with Gasteiger partial charge in [0.05, 0.1) is 38.6 Å². The van der Waals surface area contributed by atoms with Crippen molar-refractivity contribution in [2.24, 2.45) is 0 Å². The van der Waals surface area contributed by atoms with E-state index in [-0.39, 0.29) is 5.91 Å². The molecule has 19 heavy (non-hydrogen) atoms. The van der Waals surface area contributed by atoms with Crippen LogP contribution >= 0.6 is 0 Å². The zero-order valence-corrected chi connectivity index (χ0v) is 12.1. The van der Waals surface area contributed by atoms with Crippen LogP contribution in [0, 0.1) is 0 Å². The SMILES string of the molecule is CC[C@@H](C)[NH+]1CCN(C(=O)Cc2ccccc2)CC1. The van der Waals surface area contributed by atoms with Gasteiger partial charge in [0, 0.05) is 0 Å². The van der Waals surface area contributed by atoms with Crippen molar-refractivity contribution >= 4 is 5.91 Å². The van der Waals surface area contributed by atoms with Crippen LogP contribution in [0.4, 0.5) is 0 Å². The molecule has 0 radical (unpaired) electrons. The molecule has 0 spiro atoms. The first-order valence-electron chi connectivity index (χ1n) is 7.37. The Morgan fingerprint density at radius 2 is 1.89 bits per heavy atom. The Labute approximate surface area is 116 Å². The zero-order valence-electron chi connectivity index (χ0n) is 12.1. The molecule has 0 saturated carbocycles. The summed E-state index contributed by atoms with van der Waals surface area (Å²) in [7, 11) is 0. The summed E-state index contributed by atoms with van der Waals surface area (Å²) in [6, 6.07) is 10.7. The summed E-state index contributed by atoms with van der Waals surface area (Å²) in [5.41, 5.74) is 1.12. The quantitative estimate of drug-likeness (QED) is 0.850. The van der Waals surface area contributed by atoms with E-state index in [1.165, 1.54) is 6.42 Å². The summed E-state index contributed by atoms with van der Waals surface area (Å²) >= 11 is 0. The number of piperazine rings is 1. The van der Waals surface area contributed by atoms with Crippen LogP contribution in [0.15, 0.2) is 30.3 Å². The van der Waals surface area contributed by atoms with E-state index < -0.39 is 0 Å². The van der Waals surface area contributed by atoms with Gasteiger partial charge in [0.1, 0.15) is 0 Å². The largest absolute Gasteiger partial charge is 0.331 e. The molecule has 0 unspecified atom stereocenters. The number of carbonyl (C=O) groups is 1. The second kappa shape index (κ2) is 6.71. The highest BCUT2D eigenvalue weighted by molar-refractivity contribution is 5.78. The summed E-state index contributed by atoms with van der Waals surface area (Å²) in [4.78, 5) is 15.9. The number of hydrogen-bond donors (Lipinski definition) is 1. The number of hydrogen-bond acceptors (Lipinski definition) is 1. The molecule has 1 heterocycles. The van der Waals surface area contributed by atoms with Crippen molar-refractivity contribution in [2.75, 3.05) is 26.2 Å². The van der Waals surface area contributed by atoms with E-state index in [0.717, 1.165) is 31.7 Å². The highest BCUT2D eigenvalue weighted by Gasteiger charge is 2.25. The van der Waals surface area contributed by atoms with Crippen LogP contribution in [-0.4, -0.2) is 43.0 Å².